The van der Waals surface area contributed by atoms with Gasteiger partial charge in [0, 0.05) is 44.5 Å². The molecule has 2 N–H and O–H groups in total. The Morgan fingerprint density at radius 1 is 1.22 bits per heavy atom. The minimum Gasteiger partial charge on any atom is -0.379 e. The van der Waals surface area contributed by atoms with Gasteiger partial charge >= 0.3 is 0 Å². The van der Waals surface area contributed by atoms with Crippen LogP contribution in [0.5, 0.6) is 0 Å². The third-order valence-corrected chi connectivity index (χ3v) is 6.16. The van der Waals surface area contributed by atoms with Gasteiger partial charge in [0.05, 0.1) is 25.4 Å². The van der Waals surface area contributed by atoms with Crippen molar-refractivity contribution < 1.29 is 9.47 Å². The summed E-state index contributed by atoms with van der Waals surface area (Å²) in [6.07, 6.45) is 6.41. The summed E-state index contributed by atoms with van der Waals surface area (Å²) in [5, 5.41) is 7.44. The molecular weight excluding hydrogens is 340 g/mol. The van der Waals surface area contributed by atoms with E-state index in [9.17, 15) is 0 Å². The number of anilines is 1. The molecule has 3 fully saturated rings. The van der Waals surface area contributed by atoms with Crippen LogP contribution in [0.2, 0.25) is 0 Å². The number of morpholine rings is 2. The molecule has 0 aromatic carbocycles. The molecule has 1 saturated carbocycles. The van der Waals surface area contributed by atoms with Crippen molar-refractivity contribution in [1.29, 1.82) is 0 Å². The fourth-order valence-electron chi connectivity index (χ4n) is 4.91. The van der Waals surface area contributed by atoms with E-state index in [0.717, 1.165) is 45.2 Å². The van der Waals surface area contributed by atoms with Crippen LogP contribution >= 0.6 is 0 Å². The molecular formula is C21H34N4O2. The largest absolute Gasteiger partial charge is 0.379 e. The summed E-state index contributed by atoms with van der Waals surface area (Å²) in [5.41, 5.74) is 1.26. The Morgan fingerprint density at radius 3 is 2.78 bits per heavy atom. The molecule has 27 heavy (non-hydrogen) atoms. The van der Waals surface area contributed by atoms with E-state index in [4.69, 9.17) is 14.5 Å². The lowest BCUT2D eigenvalue weighted by Gasteiger charge is -2.36. The van der Waals surface area contributed by atoms with E-state index < -0.39 is 0 Å². The number of hydrogen-bond donors (Lipinski definition) is 2. The summed E-state index contributed by atoms with van der Waals surface area (Å²) in [6.45, 7) is 9.66. The molecule has 0 amide bonds. The maximum absolute atomic E-state index is 5.82. The summed E-state index contributed by atoms with van der Waals surface area (Å²) < 4.78 is 11.5. The van der Waals surface area contributed by atoms with Crippen molar-refractivity contribution in [2.24, 2.45) is 5.92 Å². The molecule has 4 rings (SSSR count). The van der Waals surface area contributed by atoms with Gasteiger partial charge in [-0.25, -0.2) is 4.98 Å². The number of nitrogens with zero attached hydrogens (tertiary/aromatic N) is 2. The van der Waals surface area contributed by atoms with Crippen molar-refractivity contribution in [2.75, 3.05) is 37.7 Å². The zero-order chi connectivity index (χ0) is 18.6. The van der Waals surface area contributed by atoms with Gasteiger partial charge in [0.2, 0.25) is 0 Å². The van der Waals surface area contributed by atoms with Crippen LogP contribution in [-0.2, 0) is 16.0 Å². The van der Waals surface area contributed by atoms with Gasteiger partial charge in [-0.1, -0.05) is 12.5 Å². The highest BCUT2D eigenvalue weighted by molar-refractivity contribution is 5.40. The standard InChI is InChI=1S/C21H34N4O2/c1-15-12-25(13-16(2)27-15)21-7-6-17(11-24-21)10-23-19-5-3-4-18(19)20-14-26-9-8-22-20/h6-7,11,15-16,18-20,22-23H,3-5,8-10,12-14H2,1-2H3. The summed E-state index contributed by atoms with van der Waals surface area (Å²) in [7, 11) is 0. The third kappa shape index (κ3) is 4.80. The molecule has 1 aromatic heterocycles. The maximum Gasteiger partial charge on any atom is 0.128 e. The van der Waals surface area contributed by atoms with E-state index in [1.54, 1.807) is 0 Å². The van der Waals surface area contributed by atoms with E-state index in [2.05, 4.69) is 41.5 Å². The predicted molar refractivity (Wildman–Crippen MR) is 107 cm³/mol. The summed E-state index contributed by atoms with van der Waals surface area (Å²) in [6, 6.07) is 5.45. The molecule has 2 aliphatic heterocycles. The molecule has 0 radical (unpaired) electrons. The molecule has 3 aliphatic rings. The van der Waals surface area contributed by atoms with Gasteiger partial charge in [-0.3, -0.25) is 0 Å². The SMILES string of the molecule is CC1CN(c2ccc(CNC3CCCC3C3COCCN3)cn2)CC(C)O1. The second-order valence-corrected chi connectivity index (χ2v) is 8.40. The first-order valence-corrected chi connectivity index (χ1v) is 10.6. The fraction of sp³-hybridized carbons (Fsp3) is 0.762. The van der Waals surface area contributed by atoms with Gasteiger partial charge in [0.1, 0.15) is 5.82 Å². The summed E-state index contributed by atoms with van der Waals surface area (Å²) in [4.78, 5) is 7.05. The number of hydrogen-bond acceptors (Lipinski definition) is 6. The lowest BCUT2D eigenvalue weighted by atomic mass is 9.94. The molecule has 6 nitrogen and oxygen atoms in total. The van der Waals surface area contributed by atoms with Crippen LogP contribution in [0.1, 0.15) is 38.7 Å². The van der Waals surface area contributed by atoms with Gasteiger partial charge < -0.3 is 25.0 Å². The van der Waals surface area contributed by atoms with Crippen molar-refractivity contribution in [3.05, 3.63) is 23.9 Å². The van der Waals surface area contributed by atoms with Crippen LogP contribution in [0.3, 0.4) is 0 Å². The Kier molecular flexibility index (Phi) is 6.28. The zero-order valence-corrected chi connectivity index (χ0v) is 16.7. The Bertz CT molecular complexity index is 580. The van der Waals surface area contributed by atoms with E-state index in [0.29, 0.717) is 18.0 Å². The van der Waals surface area contributed by atoms with Gasteiger partial charge in [-0.05, 0) is 44.2 Å². The molecule has 5 atom stereocenters. The highest BCUT2D eigenvalue weighted by atomic mass is 16.5. The van der Waals surface area contributed by atoms with Crippen LogP contribution in [0.25, 0.3) is 0 Å². The Balaban J connectivity index is 1.30. The molecule has 2 saturated heterocycles. The van der Waals surface area contributed by atoms with Crippen molar-refractivity contribution in [1.82, 2.24) is 15.6 Å². The van der Waals surface area contributed by atoms with Crippen LogP contribution in [0, 0.1) is 5.92 Å². The quantitative estimate of drug-likeness (QED) is 0.822. The monoisotopic (exact) mass is 374 g/mol. The lowest BCUT2D eigenvalue weighted by Crippen LogP contribution is -2.50. The highest BCUT2D eigenvalue weighted by Crippen LogP contribution is 2.29. The highest BCUT2D eigenvalue weighted by Gasteiger charge is 2.34. The van der Waals surface area contributed by atoms with Crippen molar-refractivity contribution in [3.8, 4) is 0 Å². The first-order chi connectivity index (χ1) is 13.2. The topological polar surface area (TPSA) is 58.7 Å². The number of rotatable bonds is 5. The zero-order valence-electron chi connectivity index (χ0n) is 16.7. The first-order valence-electron chi connectivity index (χ1n) is 10.6. The smallest absolute Gasteiger partial charge is 0.128 e. The van der Waals surface area contributed by atoms with Gasteiger partial charge in [0.25, 0.3) is 0 Å². The second kappa shape index (κ2) is 8.86. The Labute approximate surface area is 163 Å². The molecule has 0 bridgehead atoms. The normalized spacial score (nSPS) is 34.7. The minimum absolute atomic E-state index is 0.258. The minimum atomic E-state index is 0.258. The van der Waals surface area contributed by atoms with E-state index in [-0.39, 0.29) is 12.2 Å². The molecule has 0 spiro atoms. The number of nitrogens with one attached hydrogen (secondary N) is 2. The van der Waals surface area contributed by atoms with Crippen LogP contribution in [0.15, 0.2) is 18.3 Å². The molecule has 5 unspecified atom stereocenters. The number of pyridine rings is 1. The van der Waals surface area contributed by atoms with Gasteiger partial charge in [0.15, 0.2) is 0 Å². The molecule has 1 aromatic rings. The van der Waals surface area contributed by atoms with Gasteiger partial charge in [-0.2, -0.15) is 0 Å². The van der Waals surface area contributed by atoms with Crippen molar-refractivity contribution >= 4 is 5.82 Å². The predicted octanol–water partition coefficient (Wildman–Crippen LogP) is 1.94. The summed E-state index contributed by atoms with van der Waals surface area (Å²) in [5.74, 6) is 1.73. The maximum atomic E-state index is 5.82. The van der Waals surface area contributed by atoms with E-state index >= 15 is 0 Å². The molecule has 3 heterocycles. The van der Waals surface area contributed by atoms with Crippen LogP contribution < -0.4 is 15.5 Å². The average Bonchev–Trinajstić information content (AvgIpc) is 3.15. The fourth-order valence-corrected chi connectivity index (χ4v) is 4.91. The third-order valence-electron chi connectivity index (χ3n) is 6.16. The molecule has 1 aliphatic carbocycles. The van der Waals surface area contributed by atoms with E-state index in [1.807, 2.05) is 6.20 Å². The first kappa shape index (κ1) is 19.1. The summed E-state index contributed by atoms with van der Waals surface area (Å²) >= 11 is 0. The molecule has 6 heteroatoms. The Morgan fingerprint density at radius 2 is 2.07 bits per heavy atom. The lowest BCUT2D eigenvalue weighted by molar-refractivity contribution is -0.00545. The van der Waals surface area contributed by atoms with Crippen LogP contribution in [0.4, 0.5) is 5.82 Å². The van der Waals surface area contributed by atoms with Crippen LogP contribution in [-0.4, -0.2) is 62.1 Å². The second-order valence-electron chi connectivity index (χ2n) is 8.40. The van der Waals surface area contributed by atoms with E-state index in [1.165, 1.54) is 24.8 Å². The average molecular weight is 375 g/mol. The van der Waals surface area contributed by atoms with Crippen molar-refractivity contribution in [3.63, 3.8) is 0 Å². The van der Waals surface area contributed by atoms with Crippen molar-refractivity contribution in [2.45, 2.75) is 63.9 Å². The Hall–Kier alpha value is -1.21. The number of ether oxygens (including phenoxy) is 2. The number of aromatic nitrogens is 1. The van der Waals surface area contributed by atoms with Gasteiger partial charge in [-0.15, -0.1) is 0 Å². The molecule has 150 valence electrons.